The molecular weight excluding hydrogens is 292 g/mol. The van der Waals surface area contributed by atoms with E-state index >= 15 is 0 Å². The molecule has 1 heterocycles. The predicted octanol–water partition coefficient (Wildman–Crippen LogP) is 0.986. The third kappa shape index (κ3) is 2.27. The van der Waals surface area contributed by atoms with Crippen LogP contribution in [-0.2, 0) is 19.1 Å². The second-order valence-electron chi connectivity index (χ2n) is 4.56. The zero-order chi connectivity index (χ0) is 16.3. The molecule has 120 valence electrons. The third-order valence-electron chi connectivity index (χ3n) is 3.33. The lowest BCUT2D eigenvalue weighted by atomic mass is 9.93. The lowest BCUT2D eigenvalue weighted by molar-refractivity contribution is -0.187. The number of aliphatic hydroxyl groups excluding tert-OH is 1. The van der Waals surface area contributed by atoms with Crippen molar-refractivity contribution in [2.75, 3.05) is 20.3 Å². The van der Waals surface area contributed by atoms with E-state index in [1.54, 1.807) is 32.0 Å². The fourth-order valence-electron chi connectivity index (χ4n) is 2.32. The maximum atomic E-state index is 12.3. The van der Waals surface area contributed by atoms with Crippen LogP contribution < -0.4 is 9.47 Å². The molecule has 0 fully saturated rings. The monoisotopic (exact) mass is 310 g/mol. The molecule has 22 heavy (non-hydrogen) atoms. The minimum atomic E-state index is -2.27. The van der Waals surface area contributed by atoms with Gasteiger partial charge >= 0.3 is 17.5 Å². The Hall–Kier alpha value is -2.28. The van der Waals surface area contributed by atoms with Crippen molar-refractivity contribution in [3.8, 4) is 11.5 Å². The number of ether oxygens (including phenoxy) is 4. The average molecular weight is 310 g/mol. The van der Waals surface area contributed by atoms with Crippen molar-refractivity contribution in [1.29, 1.82) is 0 Å². The molecule has 7 nitrogen and oxygen atoms in total. The molecule has 1 aliphatic heterocycles. The quantitative estimate of drug-likeness (QED) is 0.640. The van der Waals surface area contributed by atoms with Gasteiger partial charge in [0.25, 0.3) is 0 Å². The Bertz CT molecular complexity index is 563. The molecule has 1 atom stereocenters. The normalized spacial score (nSPS) is 18.1. The average Bonchev–Trinajstić information content (AvgIpc) is 2.82. The second-order valence-corrected chi connectivity index (χ2v) is 4.56. The number of hydrogen-bond donors (Lipinski definition) is 1. The summed E-state index contributed by atoms with van der Waals surface area (Å²) < 4.78 is 20.5. The molecule has 1 aromatic rings. The molecule has 1 aliphatic rings. The van der Waals surface area contributed by atoms with Crippen LogP contribution in [0.4, 0.5) is 0 Å². The lowest BCUT2D eigenvalue weighted by Gasteiger charge is -2.26. The van der Waals surface area contributed by atoms with Gasteiger partial charge in [0, 0.05) is 5.56 Å². The van der Waals surface area contributed by atoms with Crippen LogP contribution in [0, 0.1) is 0 Å². The molecule has 0 spiro atoms. The Morgan fingerprint density at radius 2 is 1.82 bits per heavy atom. The number of carbonyl (C=O) groups is 2. The Balaban J connectivity index is 2.53. The molecule has 0 saturated carbocycles. The van der Waals surface area contributed by atoms with Crippen molar-refractivity contribution in [2.45, 2.75) is 25.6 Å². The molecule has 2 rings (SSSR count). The maximum Gasteiger partial charge on any atom is 0.365 e. The van der Waals surface area contributed by atoms with Crippen molar-refractivity contribution in [3.63, 3.8) is 0 Å². The van der Waals surface area contributed by atoms with E-state index in [2.05, 4.69) is 0 Å². The summed E-state index contributed by atoms with van der Waals surface area (Å²) in [5, 5.41) is 10.5. The molecule has 0 amide bonds. The summed E-state index contributed by atoms with van der Waals surface area (Å²) in [4.78, 5) is 24.6. The summed E-state index contributed by atoms with van der Waals surface area (Å²) in [6.07, 6.45) is -1.55. The van der Waals surface area contributed by atoms with E-state index in [0.29, 0.717) is 5.75 Å². The van der Waals surface area contributed by atoms with Gasteiger partial charge in [-0.2, -0.15) is 0 Å². The largest absolute Gasteiger partial charge is 0.493 e. The van der Waals surface area contributed by atoms with E-state index in [1.165, 1.54) is 7.11 Å². The van der Waals surface area contributed by atoms with Crippen LogP contribution in [0.25, 0.3) is 0 Å². The molecule has 7 heteroatoms. The molecule has 0 aliphatic carbocycles. The Morgan fingerprint density at radius 3 is 2.32 bits per heavy atom. The summed E-state index contributed by atoms with van der Waals surface area (Å²) in [6, 6.07) is 4.76. The number of benzene rings is 1. The van der Waals surface area contributed by atoms with Gasteiger partial charge in [0.15, 0.2) is 11.5 Å². The first kappa shape index (κ1) is 16.1. The summed E-state index contributed by atoms with van der Waals surface area (Å²) in [6.45, 7) is 3.24. The second kappa shape index (κ2) is 6.23. The standard InChI is InChI=1S/C15H18O7/c1-4-20-13(17)15(14(18)21-5-2)12(16)9-7-6-8-10(19-3)11(9)22-15/h6-8,12,16H,4-5H2,1-3H3/t12-/m1/s1. The molecule has 0 bridgehead atoms. The van der Waals surface area contributed by atoms with Crippen LogP contribution >= 0.6 is 0 Å². The Labute approximate surface area is 127 Å². The van der Waals surface area contributed by atoms with Crippen molar-refractivity contribution >= 4 is 11.9 Å². The van der Waals surface area contributed by atoms with Crippen LogP contribution in [0.1, 0.15) is 25.5 Å². The van der Waals surface area contributed by atoms with Crippen LogP contribution in [0.5, 0.6) is 11.5 Å². The number of para-hydroxylation sites is 1. The smallest absolute Gasteiger partial charge is 0.365 e. The molecular formula is C15H18O7. The third-order valence-corrected chi connectivity index (χ3v) is 3.33. The van der Waals surface area contributed by atoms with Gasteiger partial charge in [-0.3, -0.25) is 0 Å². The predicted molar refractivity (Wildman–Crippen MR) is 74.6 cm³/mol. The van der Waals surface area contributed by atoms with E-state index in [1.807, 2.05) is 0 Å². The van der Waals surface area contributed by atoms with Crippen molar-refractivity contribution in [1.82, 2.24) is 0 Å². The highest BCUT2D eigenvalue weighted by atomic mass is 16.6. The summed E-state index contributed by atoms with van der Waals surface area (Å²) in [7, 11) is 1.42. The highest BCUT2D eigenvalue weighted by Gasteiger charge is 2.63. The van der Waals surface area contributed by atoms with E-state index in [0.717, 1.165) is 0 Å². The van der Waals surface area contributed by atoms with Gasteiger partial charge in [-0.1, -0.05) is 12.1 Å². The van der Waals surface area contributed by atoms with Gasteiger partial charge in [0.1, 0.15) is 6.10 Å². The molecule has 1 aromatic carbocycles. The fourth-order valence-corrected chi connectivity index (χ4v) is 2.32. The lowest BCUT2D eigenvalue weighted by Crippen LogP contribution is -2.55. The molecule has 0 unspecified atom stereocenters. The highest BCUT2D eigenvalue weighted by molar-refractivity contribution is 6.06. The zero-order valence-corrected chi connectivity index (χ0v) is 12.6. The molecule has 0 saturated heterocycles. The summed E-state index contributed by atoms with van der Waals surface area (Å²) >= 11 is 0. The van der Waals surface area contributed by atoms with Crippen LogP contribution in [-0.4, -0.2) is 43.0 Å². The van der Waals surface area contributed by atoms with Crippen LogP contribution in [0.3, 0.4) is 0 Å². The van der Waals surface area contributed by atoms with Crippen molar-refractivity contribution < 1.29 is 33.6 Å². The number of fused-ring (bicyclic) bond motifs is 1. The number of hydrogen-bond acceptors (Lipinski definition) is 7. The first-order valence-electron chi connectivity index (χ1n) is 6.91. The van der Waals surface area contributed by atoms with Crippen molar-refractivity contribution in [2.24, 2.45) is 0 Å². The van der Waals surface area contributed by atoms with E-state index in [9.17, 15) is 14.7 Å². The number of rotatable bonds is 5. The summed E-state index contributed by atoms with van der Waals surface area (Å²) in [5.41, 5.74) is -2.01. The van der Waals surface area contributed by atoms with Gasteiger partial charge in [-0.05, 0) is 19.9 Å². The highest BCUT2D eigenvalue weighted by Crippen LogP contribution is 2.49. The Kier molecular flexibility index (Phi) is 4.56. The maximum absolute atomic E-state index is 12.3. The topological polar surface area (TPSA) is 91.3 Å². The fraction of sp³-hybridized carbons (Fsp3) is 0.467. The van der Waals surface area contributed by atoms with Gasteiger partial charge in [-0.25, -0.2) is 9.59 Å². The van der Waals surface area contributed by atoms with E-state index in [-0.39, 0.29) is 24.5 Å². The Morgan fingerprint density at radius 1 is 1.23 bits per heavy atom. The molecule has 0 aromatic heterocycles. The zero-order valence-electron chi connectivity index (χ0n) is 12.6. The summed E-state index contributed by atoms with van der Waals surface area (Å²) in [5.74, 6) is -1.58. The van der Waals surface area contributed by atoms with Gasteiger partial charge < -0.3 is 24.1 Å². The van der Waals surface area contributed by atoms with Gasteiger partial charge in [0.05, 0.1) is 20.3 Å². The molecule has 1 N–H and O–H groups in total. The van der Waals surface area contributed by atoms with Crippen LogP contribution in [0.15, 0.2) is 18.2 Å². The SMILES string of the molecule is CCOC(=O)C1(C(=O)OCC)Oc2c(OC)cccc2[C@H]1O. The number of esters is 2. The number of methoxy groups -OCH3 is 1. The van der Waals surface area contributed by atoms with E-state index in [4.69, 9.17) is 18.9 Å². The minimum Gasteiger partial charge on any atom is -0.493 e. The first-order valence-corrected chi connectivity index (χ1v) is 6.91. The van der Waals surface area contributed by atoms with E-state index < -0.39 is 23.6 Å². The number of carbonyl (C=O) groups excluding carboxylic acids is 2. The van der Waals surface area contributed by atoms with Gasteiger partial charge in [0.2, 0.25) is 0 Å². The van der Waals surface area contributed by atoms with Crippen molar-refractivity contribution in [3.05, 3.63) is 23.8 Å². The van der Waals surface area contributed by atoms with Gasteiger partial charge in [-0.15, -0.1) is 0 Å². The number of aliphatic hydroxyl groups is 1. The minimum absolute atomic E-state index is 0.0313. The first-order chi connectivity index (χ1) is 10.5. The van der Waals surface area contributed by atoms with Crippen LogP contribution in [0.2, 0.25) is 0 Å². The molecule has 0 radical (unpaired) electrons.